The summed E-state index contributed by atoms with van der Waals surface area (Å²) in [4.78, 5) is 0. The van der Waals surface area contributed by atoms with Crippen LogP contribution < -0.4 is 0 Å². The van der Waals surface area contributed by atoms with Gasteiger partial charge in [0.15, 0.2) is 0 Å². The summed E-state index contributed by atoms with van der Waals surface area (Å²) in [6, 6.07) is 0. The Labute approximate surface area is 39.3 Å². The molecule has 2 unspecified atom stereocenters. The van der Waals surface area contributed by atoms with Crippen molar-refractivity contribution in [2.24, 2.45) is 0 Å². The summed E-state index contributed by atoms with van der Waals surface area (Å²) in [5, 5.41) is 1.59. The van der Waals surface area contributed by atoms with Crippen LogP contribution in [0.3, 0.4) is 0 Å². The van der Waals surface area contributed by atoms with E-state index in [0.717, 1.165) is 15.2 Å². The summed E-state index contributed by atoms with van der Waals surface area (Å²) in [6.07, 6.45) is 0. The van der Waals surface area contributed by atoms with Gasteiger partial charge in [0, 0.05) is 0 Å². The minimum absolute atomic E-state index is 0.0610. The zero-order chi connectivity index (χ0) is 3.73. The van der Waals surface area contributed by atoms with E-state index in [0.29, 0.717) is 0 Å². The zero-order valence-corrected chi connectivity index (χ0v) is 6.26. The maximum absolute atomic E-state index is 2.58. The molecule has 32 valence electrons. The van der Waals surface area contributed by atoms with E-state index in [1.54, 1.807) is 5.14 Å². The standard InChI is InChI=1S/C3H5P3/c1-3-4-2-5(3)6(2,3)4/h2,6H,1H3. The van der Waals surface area contributed by atoms with Crippen molar-refractivity contribution in [1.29, 1.82) is 0 Å². The Kier molecular flexibility index (Phi) is 0.161. The van der Waals surface area contributed by atoms with E-state index >= 15 is 0 Å². The Balaban J connectivity index is 2.38. The Hall–Kier alpha value is 1.29. The normalized spacial score (nSPS) is 108. The quantitative estimate of drug-likeness (QED) is 0.446. The predicted molar refractivity (Wildman–Crippen MR) is 34.3 cm³/mol. The molecule has 4 aliphatic heterocycles. The molecule has 3 heteroatoms. The second-order valence-electron chi connectivity index (χ2n) is 2.86. The molecule has 4 saturated heterocycles. The fourth-order valence-electron chi connectivity index (χ4n) is 2.30. The molecule has 6 heavy (non-hydrogen) atoms. The van der Waals surface area contributed by atoms with Crippen LogP contribution in [0.15, 0.2) is 0 Å². The third-order valence-electron chi connectivity index (χ3n) is 2.98. The molecule has 0 aliphatic carbocycles. The van der Waals surface area contributed by atoms with Crippen molar-refractivity contribution in [1.82, 2.24) is 0 Å². The third-order valence-corrected chi connectivity index (χ3v) is 36.1. The average Bonchev–Trinajstić information content (AvgIpc) is 2.08. The van der Waals surface area contributed by atoms with Crippen LogP contribution in [0.5, 0.6) is 0 Å². The van der Waals surface area contributed by atoms with E-state index in [4.69, 9.17) is 0 Å². The molecule has 2 atom stereocenters. The van der Waals surface area contributed by atoms with Gasteiger partial charge in [0.05, 0.1) is 0 Å². The molecule has 4 rings (SSSR count). The van der Waals surface area contributed by atoms with E-state index < -0.39 is 0 Å². The topological polar surface area (TPSA) is 0 Å². The first-order valence-electron chi connectivity index (χ1n) is 2.45. The van der Waals surface area contributed by atoms with Gasteiger partial charge in [-0.2, -0.15) is 0 Å². The van der Waals surface area contributed by atoms with Crippen LogP contribution >= 0.6 is 21.9 Å². The SMILES string of the molecule is CC12P3C4P1[PH]432. The molecule has 0 saturated carbocycles. The molecule has 0 radical (unpaired) electrons. The van der Waals surface area contributed by atoms with Gasteiger partial charge in [0.2, 0.25) is 0 Å². The fraction of sp³-hybridized carbons (Fsp3) is 1.00. The molecule has 0 aromatic carbocycles. The van der Waals surface area contributed by atoms with Crippen molar-refractivity contribution in [3.8, 4) is 0 Å². The Morgan fingerprint density at radius 3 is 2.00 bits per heavy atom. The number of rotatable bonds is 0. The first-order valence-corrected chi connectivity index (χ1v) is 9.03. The van der Waals surface area contributed by atoms with Gasteiger partial charge in [-0.15, -0.1) is 0 Å². The molecule has 0 bridgehead atoms. The van der Waals surface area contributed by atoms with Crippen LogP contribution in [-0.4, -0.2) is 9.78 Å². The average molecular weight is 134 g/mol. The first-order chi connectivity index (χ1) is 2.86. The van der Waals surface area contributed by atoms with Gasteiger partial charge >= 0.3 is 38.6 Å². The summed E-state index contributed by atoms with van der Waals surface area (Å²) in [5.74, 6) is 0. The molecule has 0 aromatic rings. The summed E-state index contributed by atoms with van der Waals surface area (Å²) >= 11 is 0. The molecule has 0 aromatic heterocycles. The van der Waals surface area contributed by atoms with Crippen LogP contribution in [0.25, 0.3) is 0 Å². The number of fused-ring (bicyclic) bond motifs is 4. The van der Waals surface area contributed by atoms with E-state index in [1.807, 2.05) is 0 Å². The van der Waals surface area contributed by atoms with E-state index in [1.165, 1.54) is 4.64 Å². The molecular formula is C3H5P3. The summed E-state index contributed by atoms with van der Waals surface area (Å²) in [6.45, 7) is 2.64. The van der Waals surface area contributed by atoms with Gasteiger partial charge in [-0.3, -0.25) is 0 Å². The molecular weight excluding hydrogens is 129 g/mol. The molecule has 0 N–H and O–H groups in total. The van der Waals surface area contributed by atoms with Crippen LogP contribution in [0.4, 0.5) is 0 Å². The van der Waals surface area contributed by atoms with Gasteiger partial charge < -0.3 is 0 Å². The Morgan fingerprint density at radius 2 is 2.00 bits per heavy atom. The van der Waals surface area contributed by atoms with Crippen LogP contribution in [0.1, 0.15) is 6.92 Å². The van der Waals surface area contributed by atoms with Gasteiger partial charge in [-0.05, 0) is 0 Å². The fourth-order valence-corrected chi connectivity index (χ4v) is 51.2. The molecule has 4 aliphatic rings. The van der Waals surface area contributed by atoms with E-state index in [2.05, 4.69) is 6.92 Å². The monoisotopic (exact) mass is 134 g/mol. The molecule has 1 spiro atoms. The molecule has 4 fully saturated rings. The maximum atomic E-state index is 2.58. The van der Waals surface area contributed by atoms with Gasteiger partial charge in [-0.1, -0.05) is 0 Å². The third kappa shape index (κ3) is 0.0600. The Morgan fingerprint density at radius 1 is 1.67 bits per heavy atom. The van der Waals surface area contributed by atoms with E-state index in [-0.39, 0.29) is 6.64 Å². The van der Waals surface area contributed by atoms with Crippen molar-refractivity contribution in [3.63, 3.8) is 0 Å². The molecule has 0 nitrogen and oxygen atoms in total. The number of hydrogen-bond acceptors (Lipinski definition) is 0. The van der Waals surface area contributed by atoms with Crippen molar-refractivity contribution in [2.45, 2.75) is 16.7 Å². The first kappa shape index (κ1) is 2.72. The minimum atomic E-state index is 0.0610. The van der Waals surface area contributed by atoms with Crippen molar-refractivity contribution in [3.05, 3.63) is 0 Å². The van der Waals surface area contributed by atoms with E-state index in [9.17, 15) is 0 Å². The molecule has 4 heterocycles. The van der Waals surface area contributed by atoms with Crippen molar-refractivity contribution in [2.75, 3.05) is 0 Å². The van der Waals surface area contributed by atoms with Crippen molar-refractivity contribution < 1.29 is 0 Å². The zero-order valence-electron chi connectivity index (χ0n) is 3.47. The van der Waals surface area contributed by atoms with Gasteiger partial charge in [0.1, 0.15) is 0 Å². The van der Waals surface area contributed by atoms with Crippen LogP contribution in [0.2, 0.25) is 0 Å². The molecule has 0 amide bonds. The summed E-state index contributed by atoms with van der Waals surface area (Å²) < 4.78 is 1.28. The van der Waals surface area contributed by atoms with Gasteiger partial charge in [0.25, 0.3) is 0 Å². The van der Waals surface area contributed by atoms with Crippen molar-refractivity contribution >= 4 is 21.9 Å². The van der Waals surface area contributed by atoms with Crippen LogP contribution in [-0.2, 0) is 0 Å². The summed E-state index contributed by atoms with van der Waals surface area (Å²) in [7, 11) is 1.91. The predicted octanol–water partition coefficient (Wildman–Crippen LogP) is 2.54. The number of hydrogen-bond donors (Lipinski definition) is 0. The second-order valence-corrected chi connectivity index (χ2v) is 20.9. The Bertz CT molecular complexity index is 164. The van der Waals surface area contributed by atoms with Gasteiger partial charge in [-0.25, -0.2) is 0 Å². The van der Waals surface area contributed by atoms with Crippen LogP contribution in [0, 0.1) is 0 Å². The summed E-state index contributed by atoms with van der Waals surface area (Å²) in [5.41, 5.74) is 0. The second kappa shape index (κ2) is 0.354.